The van der Waals surface area contributed by atoms with Gasteiger partial charge in [0, 0.05) is 25.7 Å². The SMILES string of the molecule is Fc1cccc(N2CC3COC(CN3)C2)c1F. The molecular formula is C12H14F2N2O. The second kappa shape index (κ2) is 4.23. The van der Waals surface area contributed by atoms with Crippen molar-refractivity contribution in [1.29, 1.82) is 0 Å². The van der Waals surface area contributed by atoms with E-state index in [1.807, 2.05) is 4.90 Å². The van der Waals surface area contributed by atoms with E-state index < -0.39 is 11.6 Å². The second-order valence-electron chi connectivity index (χ2n) is 4.54. The number of ether oxygens (including phenoxy) is 1. The van der Waals surface area contributed by atoms with Gasteiger partial charge in [0.15, 0.2) is 11.6 Å². The Hall–Kier alpha value is -1.20. The molecular weight excluding hydrogens is 226 g/mol. The predicted octanol–water partition coefficient (Wildman–Crippen LogP) is 1.14. The molecule has 5 heteroatoms. The van der Waals surface area contributed by atoms with E-state index >= 15 is 0 Å². The van der Waals surface area contributed by atoms with Crippen LogP contribution in [0.25, 0.3) is 0 Å². The van der Waals surface area contributed by atoms with Crippen LogP contribution in [0.5, 0.6) is 0 Å². The number of rotatable bonds is 1. The van der Waals surface area contributed by atoms with Crippen molar-refractivity contribution in [3.63, 3.8) is 0 Å². The molecule has 0 spiro atoms. The van der Waals surface area contributed by atoms with E-state index in [-0.39, 0.29) is 12.1 Å². The maximum atomic E-state index is 13.7. The normalized spacial score (nSPS) is 28.2. The third kappa shape index (κ3) is 2.00. The van der Waals surface area contributed by atoms with E-state index in [1.165, 1.54) is 6.07 Å². The molecule has 1 N–H and O–H groups in total. The highest BCUT2D eigenvalue weighted by Gasteiger charge is 2.31. The van der Waals surface area contributed by atoms with Gasteiger partial charge in [-0.1, -0.05) is 6.07 Å². The van der Waals surface area contributed by atoms with Gasteiger partial charge in [-0.05, 0) is 12.1 Å². The molecule has 17 heavy (non-hydrogen) atoms. The average molecular weight is 240 g/mol. The van der Waals surface area contributed by atoms with Gasteiger partial charge in [-0.25, -0.2) is 8.78 Å². The molecule has 3 heterocycles. The Morgan fingerprint density at radius 1 is 1.29 bits per heavy atom. The van der Waals surface area contributed by atoms with Crippen LogP contribution in [-0.2, 0) is 4.74 Å². The summed E-state index contributed by atoms with van der Waals surface area (Å²) in [5.41, 5.74) is 0.328. The molecule has 2 unspecified atom stereocenters. The topological polar surface area (TPSA) is 24.5 Å². The Labute approximate surface area is 98.4 Å². The lowest BCUT2D eigenvalue weighted by Gasteiger charge is -2.24. The van der Waals surface area contributed by atoms with Gasteiger partial charge in [0.05, 0.1) is 18.4 Å². The van der Waals surface area contributed by atoms with Crippen LogP contribution in [0.4, 0.5) is 14.5 Å². The van der Waals surface area contributed by atoms with Gasteiger partial charge in [-0.15, -0.1) is 0 Å². The van der Waals surface area contributed by atoms with Gasteiger partial charge in [0.1, 0.15) is 0 Å². The molecule has 2 bridgehead atoms. The first-order chi connectivity index (χ1) is 8.24. The van der Waals surface area contributed by atoms with Crippen LogP contribution < -0.4 is 10.2 Å². The number of benzene rings is 1. The Morgan fingerprint density at radius 3 is 2.94 bits per heavy atom. The Kier molecular flexibility index (Phi) is 2.72. The number of anilines is 1. The molecule has 0 amide bonds. The molecule has 3 aliphatic rings. The fourth-order valence-corrected chi connectivity index (χ4v) is 2.42. The van der Waals surface area contributed by atoms with Crippen molar-refractivity contribution in [1.82, 2.24) is 5.32 Å². The first kappa shape index (κ1) is 10.9. The van der Waals surface area contributed by atoms with Crippen molar-refractivity contribution >= 4 is 5.69 Å². The molecule has 1 aromatic carbocycles. The van der Waals surface area contributed by atoms with E-state index in [0.29, 0.717) is 25.4 Å². The summed E-state index contributed by atoms with van der Waals surface area (Å²) in [4.78, 5) is 1.86. The molecule has 1 aromatic rings. The van der Waals surface area contributed by atoms with Crippen molar-refractivity contribution in [2.45, 2.75) is 12.1 Å². The molecule has 3 saturated heterocycles. The predicted molar refractivity (Wildman–Crippen MR) is 60.1 cm³/mol. The summed E-state index contributed by atoms with van der Waals surface area (Å²) in [7, 11) is 0. The van der Waals surface area contributed by atoms with Crippen LogP contribution in [0.3, 0.4) is 0 Å². The number of fused-ring (bicyclic) bond motifs is 4. The van der Waals surface area contributed by atoms with E-state index in [2.05, 4.69) is 5.32 Å². The minimum absolute atomic E-state index is 0.0522. The van der Waals surface area contributed by atoms with E-state index in [9.17, 15) is 8.78 Å². The van der Waals surface area contributed by atoms with E-state index in [0.717, 1.165) is 12.6 Å². The summed E-state index contributed by atoms with van der Waals surface area (Å²) in [6.45, 7) is 2.66. The van der Waals surface area contributed by atoms with E-state index in [4.69, 9.17) is 4.74 Å². The average Bonchev–Trinajstić information content (AvgIpc) is 2.65. The molecule has 3 fully saturated rings. The summed E-state index contributed by atoms with van der Waals surface area (Å²) in [6.07, 6.45) is 0.0522. The zero-order valence-corrected chi connectivity index (χ0v) is 9.33. The van der Waals surface area contributed by atoms with Crippen LogP contribution in [0, 0.1) is 11.6 Å². The molecule has 2 atom stereocenters. The number of nitrogens with one attached hydrogen (secondary N) is 1. The van der Waals surface area contributed by atoms with Crippen LogP contribution in [0.1, 0.15) is 0 Å². The van der Waals surface area contributed by atoms with Crippen molar-refractivity contribution in [3.05, 3.63) is 29.8 Å². The lowest BCUT2D eigenvalue weighted by molar-refractivity contribution is 0.0259. The lowest BCUT2D eigenvalue weighted by atomic mass is 10.2. The molecule has 92 valence electrons. The summed E-state index contributed by atoms with van der Waals surface area (Å²) < 4.78 is 32.5. The largest absolute Gasteiger partial charge is 0.373 e. The maximum Gasteiger partial charge on any atom is 0.182 e. The minimum atomic E-state index is -0.798. The molecule has 0 aromatic heterocycles. The number of nitrogens with zero attached hydrogens (tertiary/aromatic N) is 1. The zero-order chi connectivity index (χ0) is 11.8. The summed E-state index contributed by atoms with van der Waals surface area (Å²) >= 11 is 0. The Bertz CT molecular complexity index is 405. The van der Waals surface area contributed by atoms with Gasteiger partial charge in [0.25, 0.3) is 0 Å². The first-order valence-corrected chi connectivity index (χ1v) is 5.78. The highest BCUT2D eigenvalue weighted by Crippen LogP contribution is 2.24. The van der Waals surface area contributed by atoms with Crippen molar-refractivity contribution in [2.24, 2.45) is 0 Å². The standard InChI is InChI=1S/C12H14F2N2O/c13-10-2-1-3-11(12(10)14)16-5-8-7-17-9(6-16)4-15-8/h1-3,8-9,15H,4-7H2. The van der Waals surface area contributed by atoms with Gasteiger partial charge >= 0.3 is 0 Å². The summed E-state index contributed by atoms with van der Waals surface area (Å²) in [5, 5.41) is 3.33. The molecule has 3 nitrogen and oxygen atoms in total. The van der Waals surface area contributed by atoms with Crippen LogP contribution in [0.15, 0.2) is 18.2 Å². The van der Waals surface area contributed by atoms with Crippen LogP contribution >= 0.6 is 0 Å². The zero-order valence-electron chi connectivity index (χ0n) is 9.33. The monoisotopic (exact) mass is 240 g/mol. The second-order valence-corrected chi connectivity index (χ2v) is 4.54. The lowest BCUT2D eigenvalue weighted by Crippen LogP contribution is -2.45. The van der Waals surface area contributed by atoms with Crippen LogP contribution in [-0.4, -0.2) is 38.4 Å². The number of halogens is 2. The highest BCUT2D eigenvalue weighted by molar-refractivity contribution is 5.49. The first-order valence-electron chi connectivity index (χ1n) is 5.78. The van der Waals surface area contributed by atoms with Crippen molar-refractivity contribution in [2.75, 3.05) is 31.1 Å². The highest BCUT2D eigenvalue weighted by atomic mass is 19.2. The maximum absolute atomic E-state index is 13.7. The fraction of sp³-hybridized carbons (Fsp3) is 0.500. The van der Waals surface area contributed by atoms with Gasteiger partial charge in [-0.2, -0.15) is 0 Å². The van der Waals surface area contributed by atoms with Gasteiger partial charge in [0.2, 0.25) is 0 Å². The quantitative estimate of drug-likeness (QED) is 0.796. The Morgan fingerprint density at radius 2 is 2.18 bits per heavy atom. The van der Waals surface area contributed by atoms with Gasteiger partial charge in [-0.3, -0.25) is 0 Å². The van der Waals surface area contributed by atoms with Crippen LogP contribution in [0.2, 0.25) is 0 Å². The molecule has 4 rings (SSSR count). The molecule has 0 saturated carbocycles. The summed E-state index contributed by atoms with van der Waals surface area (Å²) in [6, 6.07) is 4.48. The van der Waals surface area contributed by atoms with E-state index in [1.54, 1.807) is 6.07 Å². The van der Waals surface area contributed by atoms with Gasteiger partial charge < -0.3 is 15.0 Å². The van der Waals surface area contributed by atoms with Crippen molar-refractivity contribution in [3.8, 4) is 0 Å². The number of hydrogen-bond acceptors (Lipinski definition) is 3. The molecule has 0 radical (unpaired) electrons. The fourth-order valence-electron chi connectivity index (χ4n) is 2.42. The third-order valence-corrected chi connectivity index (χ3v) is 3.30. The summed E-state index contributed by atoms with van der Waals surface area (Å²) in [5.74, 6) is -1.57. The third-order valence-electron chi connectivity index (χ3n) is 3.30. The minimum Gasteiger partial charge on any atom is -0.373 e. The smallest absolute Gasteiger partial charge is 0.182 e. The number of morpholine rings is 1. The molecule has 3 aliphatic heterocycles. The van der Waals surface area contributed by atoms with Crippen molar-refractivity contribution < 1.29 is 13.5 Å². The Balaban J connectivity index is 1.91. The molecule has 0 aliphatic carbocycles. The number of hydrogen-bond donors (Lipinski definition) is 1.